The fourth-order valence-corrected chi connectivity index (χ4v) is 10.7. The smallest absolute Gasteiger partial charge is 0.306 e. The Kier molecular flexibility index (Phi) is 64.6. The van der Waals surface area contributed by atoms with Crippen LogP contribution in [0.3, 0.4) is 0 Å². The second-order valence-corrected chi connectivity index (χ2v) is 23.8. The summed E-state index contributed by atoms with van der Waals surface area (Å²) in [6.45, 7) is 6.65. The van der Waals surface area contributed by atoms with E-state index < -0.39 is 6.10 Å². The Labute approximate surface area is 481 Å². The lowest BCUT2D eigenvalue weighted by Crippen LogP contribution is -2.30. The topological polar surface area (TPSA) is 78.9 Å². The number of rotatable bonds is 65. The number of carbonyl (C=O) groups excluding carboxylic acids is 3. The summed E-state index contributed by atoms with van der Waals surface area (Å²) in [6.07, 6.45) is 81.1. The Bertz CT molecular complexity index is 1240. The van der Waals surface area contributed by atoms with Crippen LogP contribution in [0.25, 0.3) is 0 Å². The summed E-state index contributed by atoms with van der Waals surface area (Å²) in [5, 5.41) is 0. The van der Waals surface area contributed by atoms with Crippen molar-refractivity contribution in [2.24, 2.45) is 0 Å². The van der Waals surface area contributed by atoms with Gasteiger partial charge in [-0.05, 0) is 70.6 Å². The predicted molar refractivity (Wildman–Crippen MR) is 335 cm³/mol. The van der Waals surface area contributed by atoms with Gasteiger partial charge in [-0.2, -0.15) is 0 Å². The fourth-order valence-electron chi connectivity index (χ4n) is 10.7. The van der Waals surface area contributed by atoms with E-state index in [-0.39, 0.29) is 31.1 Å². The number of allylic oxidation sites excluding steroid dienone is 4. The fraction of sp³-hybridized carbons (Fsp3) is 0.901. The van der Waals surface area contributed by atoms with Gasteiger partial charge in [-0.15, -0.1) is 0 Å². The summed E-state index contributed by atoms with van der Waals surface area (Å²) in [7, 11) is 0. The van der Waals surface area contributed by atoms with Gasteiger partial charge in [0.25, 0.3) is 0 Å². The van der Waals surface area contributed by atoms with Crippen molar-refractivity contribution in [2.75, 3.05) is 13.2 Å². The van der Waals surface area contributed by atoms with Gasteiger partial charge in [-0.3, -0.25) is 14.4 Å². The number of esters is 3. The van der Waals surface area contributed by atoms with Crippen LogP contribution in [0.1, 0.15) is 393 Å². The Morgan fingerprint density at radius 3 is 0.649 bits per heavy atom. The molecule has 0 aliphatic heterocycles. The first-order chi connectivity index (χ1) is 38.0. The molecule has 0 N–H and O–H groups in total. The summed E-state index contributed by atoms with van der Waals surface area (Å²) in [5.41, 5.74) is 0. The van der Waals surface area contributed by atoms with Crippen LogP contribution in [0.4, 0.5) is 0 Å². The molecule has 0 fully saturated rings. The highest BCUT2D eigenvalue weighted by molar-refractivity contribution is 5.71. The number of unbranched alkanes of at least 4 members (excludes halogenated alkanes) is 50. The van der Waals surface area contributed by atoms with E-state index in [1.807, 2.05) is 0 Å². The van der Waals surface area contributed by atoms with Crippen molar-refractivity contribution in [1.82, 2.24) is 0 Å². The average Bonchev–Trinajstić information content (AvgIpc) is 3.43. The molecule has 0 aromatic heterocycles. The summed E-state index contributed by atoms with van der Waals surface area (Å²) < 4.78 is 16.9. The predicted octanol–water partition coefficient (Wildman–Crippen LogP) is 23.8. The lowest BCUT2D eigenvalue weighted by Gasteiger charge is -2.18. The second-order valence-electron chi connectivity index (χ2n) is 23.8. The van der Waals surface area contributed by atoms with Gasteiger partial charge in [-0.1, -0.05) is 328 Å². The molecular weight excluding hydrogens is 949 g/mol. The molecule has 6 heteroatoms. The summed E-state index contributed by atoms with van der Waals surface area (Å²) >= 11 is 0. The van der Waals surface area contributed by atoms with Crippen LogP contribution in [-0.2, 0) is 28.6 Å². The van der Waals surface area contributed by atoms with E-state index in [2.05, 4.69) is 45.1 Å². The molecule has 0 aliphatic carbocycles. The first-order valence-electron chi connectivity index (χ1n) is 34.8. The van der Waals surface area contributed by atoms with Gasteiger partial charge in [-0.25, -0.2) is 0 Å². The maximum atomic E-state index is 12.8. The highest BCUT2D eigenvalue weighted by Gasteiger charge is 2.19. The average molecular weight is 1080 g/mol. The molecule has 0 spiro atoms. The molecule has 0 saturated heterocycles. The Balaban J connectivity index is 3.91. The number of ether oxygens (including phenoxy) is 3. The molecule has 1 unspecified atom stereocenters. The lowest BCUT2D eigenvalue weighted by atomic mass is 10.0. The molecule has 1 atom stereocenters. The lowest BCUT2D eigenvalue weighted by molar-refractivity contribution is -0.167. The van der Waals surface area contributed by atoms with E-state index in [0.717, 1.165) is 57.8 Å². The van der Waals surface area contributed by atoms with Crippen molar-refractivity contribution >= 4 is 17.9 Å². The molecule has 0 saturated carbocycles. The maximum absolute atomic E-state index is 12.8. The van der Waals surface area contributed by atoms with Crippen molar-refractivity contribution in [1.29, 1.82) is 0 Å². The third kappa shape index (κ3) is 64.6. The molecule has 6 nitrogen and oxygen atoms in total. The summed E-state index contributed by atoms with van der Waals surface area (Å²) in [5.74, 6) is -0.854. The molecule has 0 aromatic carbocycles. The van der Waals surface area contributed by atoms with Crippen LogP contribution >= 0.6 is 0 Å². The van der Waals surface area contributed by atoms with Crippen LogP contribution in [-0.4, -0.2) is 37.2 Å². The van der Waals surface area contributed by atoms with Crippen LogP contribution in [0, 0.1) is 0 Å². The van der Waals surface area contributed by atoms with Crippen LogP contribution in [0.5, 0.6) is 0 Å². The first kappa shape index (κ1) is 74.9. The van der Waals surface area contributed by atoms with Crippen LogP contribution in [0.15, 0.2) is 24.3 Å². The molecule has 0 rings (SSSR count). The van der Waals surface area contributed by atoms with E-state index >= 15 is 0 Å². The van der Waals surface area contributed by atoms with Gasteiger partial charge in [0.15, 0.2) is 6.10 Å². The van der Waals surface area contributed by atoms with Gasteiger partial charge in [0.1, 0.15) is 13.2 Å². The van der Waals surface area contributed by atoms with Crippen LogP contribution in [0.2, 0.25) is 0 Å². The zero-order valence-corrected chi connectivity index (χ0v) is 52.3. The molecule has 0 bridgehead atoms. The van der Waals surface area contributed by atoms with E-state index in [4.69, 9.17) is 14.2 Å². The second kappa shape index (κ2) is 66.4. The third-order valence-electron chi connectivity index (χ3n) is 15.9. The first-order valence-corrected chi connectivity index (χ1v) is 34.8. The van der Waals surface area contributed by atoms with Gasteiger partial charge in [0, 0.05) is 19.3 Å². The molecule has 0 amide bonds. The Morgan fingerprint density at radius 2 is 0.429 bits per heavy atom. The quantitative estimate of drug-likeness (QED) is 0.0261. The number of hydrogen-bond acceptors (Lipinski definition) is 6. The zero-order chi connectivity index (χ0) is 55.7. The monoisotopic (exact) mass is 1080 g/mol. The molecule has 0 aromatic rings. The minimum absolute atomic E-state index is 0.0674. The molecule has 0 radical (unpaired) electrons. The van der Waals surface area contributed by atoms with Crippen molar-refractivity contribution in [3.63, 3.8) is 0 Å². The molecule has 0 heterocycles. The van der Waals surface area contributed by atoms with Crippen molar-refractivity contribution in [2.45, 2.75) is 399 Å². The van der Waals surface area contributed by atoms with Gasteiger partial charge in [0.05, 0.1) is 0 Å². The highest BCUT2D eigenvalue weighted by atomic mass is 16.6. The van der Waals surface area contributed by atoms with Crippen molar-refractivity contribution in [3.05, 3.63) is 24.3 Å². The van der Waals surface area contributed by atoms with E-state index in [9.17, 15) is 14.4 Å². The van der Waals surface area contributed by atoms with E-state index in [1.54, 1.807) is 0 Å². The normalized spacial score (nSPS) is 12.1. The standard InChI is InChI=1S/C71H134O6/c1-4-7-10-13-16-18-20-22-24-26-27-28-29-30-31-32-33-34-35-36-37-38-39-40-41-42-43-45-46-48-50-52-55-58-61-64-70(73)76-67-68(66-75-69(72)63-60-57-54-15-12-9-6-3)77-71(74)65-62-59-56-53-51-49-47-44-25-23-21-19-17-14-11-8-5-2/h23,25-27,68H,4-22,24,28-67H2,1-3H3/b25-23-,27-26-. The molecule has 0 aliphatic rings. The SMILES string of the molecule is CCCCCCCC/C=C\CCCCCCCCCC(=O)OC(COC(=O)CCCCCCCCC)COC(=O)CCCCCCCCCCCCCCCCCCCCCCCCC/C=C\CCCCCCCCCC. The maximum Gasteiger partial charge on any atom is 0.306 e. The van der Waals surface area contributed by atoms with E-state index in [1.165, 1.54) is 295 Å². The summed E-state index contributed by atoms with van der Waals surface area (Å²) in [4.78, 5) is 38.1. The minimum atomic E-state index is -0.768. The highest BCUT2D eigenvalue weighted by Crippen LogP contribution is 2.18. The van der Waals surface area contributed by atoms with E-state index in [0.29, 0.717) is 19.3 Å². The summed E-state index contributed by atoms with van der Waals surface area (Å²) in [6, 6.07) is 0. The molecular formula is C71H134O6. The largest absolute Gasteiger partial charge is 0.462 e. The van der Waals surface area contributed by atoms with Crippen molar-refractivity contribution < 1.29 is 28.6 Å². The Morgan fingerprint density at radius 1 is 0.247 bits per heavy atom. The Hall–Kier alpha value is -2.11. The van der Waals surface area contributed by atoms with Gasteiger partial charge in [0.2, 0.25) is 0 Å². The zero-order valence-electron chi connectivity index (χ0n) is 52.3. The van der Waals surface area contributed by atoms with Crippen molar-refractivity contribution in [3.8, 4) is 0 Å². The third-order valence-corrected chi connectivity index (χ3v) is 15.9. The number of hydrogen-bond donors (Lipinski definition) is 0. The molecule has 454 valence electrons. The van der Waals surface area contributed by atoms with Gasteiger partial charge >= 0.3 is 17.9 Å². The van der Waals surface area contributed by atoms with Gasteiger partial charge < -0.3 is 14.2 Å². The van der Waals surface area contributed by atoms with Crippen LogP contribution < -0.4 is 0 Å². The molecule has 77 heavy (non-hydrogen) atoms. The minimum Gasteiger partial charge on any atom is -0.462 e. The number of carbonyl (C=O) groups is 3.